The second kappa shape index (κ2) is 14.4. The van der Waals surface area contributed by atoms with Crippen LogP contribution in [-0.2, 0) is 0 Å². The molecule has 15 heavy (non-hydrogen) atoms. The van der Waals surface area contributed by atoms with Crippen LogP contribution in [0.15, 0.2) is 0 Å². The maximum atomic E-state index is 2.56. The minimum atomic E-state index is 1.06. The topological polar surface area (TPSA) is 3.24 Å². The number of nitrogens with zero attached hydrogens (tertiary/aromatic N) is 1. The van der Waals surface area contributed by atoms with E-state index in [-0.39, 0.29) is 0 Å². The fraction of sp³-hybridized carbons (Fsp3) is 1.00. The van der Waals surface area contributed by atoms with E-state index in [2.05, 4.69) is 18.5 Å². The molecular weight excluding hydrogens is 201 g/mol. The first-order chi connectivity index (χ1) is 7.36. The Bertz CT molecular complexity index is 98.7. The Morgan fingerprint density at radius 3 is 1.87 bits per heavy atom. The first-order valence-corrected chi connectivity index (χ1v) is 8.44. The molecule has 1 unspecified atom stereocenters. The van der Waals surface area contributed by atoms with E-state index < -0.39 is 0 Å². The number of hydrogen-bond acceptors (Lipinski definition) is 1. The molecule has 1 heterocycles. The molecule has 0 spiro atoms. The fourth-order valence-electron chi connectivity index (χ4n) is 1.80. The molecule has 1 aliphatic rings. The summed E-state index contributed by atoms with van der Waals surface area (Å²) in [6.45, 7) is 16.5. The van der Waals surface area contributed by atoms with Crippen molar-refractivity contribution in [2.75, 3.05) is 32.5 Å². The number of piperidine rings is 1. The molecule has 0 bridgehead atoms. The lowest BCUT2D eigenvalue weighted by Crippen LogP contribution is -2.33. The summed E-state index contributed by atoms with van der Waals surface area (Å²) in [6.07, 6.45) is 4.39. The molecule has 0 radical (unpaired) electrons. The van der Waals surface area contributed by atoms with E-state index >= 15 is 0 Å². The molecule has 1 nitrogen and oxygen atoms in total. The summed E-state index contributed by atoms with van der Waals surface area (Å²) in [5, 5.41) is 0. The molecule has 2 heteroatoms. The SMILES string of the molecule is CC.CC.CCN1CCC(CPC)CC1. The third-order valence-electron chi connectivity index (χ3n) is 2.65. The summed E-state index contributed by atoms with van der Waals surface area (Å²) < 4.78 is 0. The Morgan fingerprint density at radius 1 is 1.07 bits per heavy atom. The standard InChI is InChI=1S/C9H20NP.2C2H6/c1-3-10-6-4-9(5-7-10)8-11-2;2*1-2/h9,11H,3-8H2,1-2H3;2*1-2H3. The van der Waals surface area contributed by atoms with Gasteiger partial charge in [0.1, 0.15) is 0 Å². The second-order valence-corrected chi connectivity index (χ2v) is 4.55. The van der Waals surface area contributed by atoms with E-state index in [0.29, 0.717) is 0 Å². The largest absolute Gasteiger partial charge is 0.304 e. The van der Waals surface area contributed by atoms with E-state index in [0.717, 1.165) is 14.5 Å². The van der Waals surface area contributed by atoms with Crippen LogP contribution in [0.3, 0.4) is 0 Å². The van der Waals surface area contributed by atoms with Crippen molar-refractivity contribution in [1.82, 2.24) is 4.90 Å². The van der Waals surface area contributed by atoms with Crippen molar-refractivity contribution >= 4 is 8.58 Å². The number of hydrogen-bond donors (Lipinski definition) is 0. The van der Waals surface area contributed by atoms with Crippen LogP contribution in [0.25, 0.3) is 0 Å². The van der Waals surface area contributed by atoms with E-state index in [1.54, 1.807) is 0 Å². The quantitative estimate of drug-likeness (QED) is 0.664. The molecule has 0 aromatic rings. The smallest absolute Gasteiger partial charge is 0.00161 e. The lowest BCUT2D eigenvalue weighted by atomic mass is 9.99. The number of likely N-dealkylation sites (tertiary alicyclic amines) is 1. The zero-order valence-electron chi connectivity index (χ0n) is 11.8. The predicted molar refractivity (Wildman–Crippen MR) is 76.6 cm³/mol. The van der Waals surface area contributed by atoms with Gasteiger partial charge in [-0.05, 0) is 51.2 Å². The van der Waals surface area contributed by atoms with Gasteiger partial charge in [0.25, 0.3) is 0 Å². The zero-order chi connectivity index (χ0) is 12.1. The maximum Gasteiger partial charge on any atom is -0.00161 e. The van der Waals surface area contributed by atoms with Gasteiger partial charge in [-0.3, -0.25) is 0 Å². The Kier molecular flexibility index (Phi) is 17.1. The summed E-state index contributed by atoms with van der Waals surface area (Å²) in [5.74, 6) is 1.06. The molecule has 94 valence electrons. The molecule has 1 atom stereocenters. The van der Waals surface area contributed by atoms with Crippen LogP contribution in [0.2, 0.25) is 0 Å². The van der Waals surface area contributed by atoms with Crippen LogP contribution in [0.4, 0.5) is 0 Å². The Hall–Kier alpha value is 0.390. The first kappa shape index (κ1) is 17.8. The van der Waals surface area contributed by atoms with Crippen LogP contribution < -0.4 is 0 Å². The molecular formula is C13H32NP. The molecule has 0 aliphatic carbocycles. The van der Waals surface area contributed by atoms with Gasteiger partial charge in [0.2, 0.25) is 0 Å². The van der Waals surface area contributed by atoms with Gasteiger partial charge in [-0.15, -0.1) is 8.58 Å². The summed E-state index contributed by atoms with van der Waals surface area (Å²) >= 11 is 0. The highest BCUT2D eigenvalue weighted by Gasteiger charge is 2.16. The van der Waals surface area contributed by atoms with Gasteiger partial charge < -0.3 is 4.90 Å². The third kappa shape index (κ3) is 9.33. The summed E-state index contributed by atoms with van der Waals surface area (Å²) in [5.41, 5.74) is 0. The van der Waals surface area contributed by atoms with Crippen LogP contribution in [0.1, 0.15) is 47.5 Å². The van der Waals surface area contributed by atoms with Gasteiger partial charge in [0.15, 0.2) is 0 Å². The van der Waals surface area contributed by atoms with Crippen molar-refractivity contribution in [2.24, 2.45) is 5.92 Å². The van der Waals surface area contributed by atoms with E-state index in [1.807, 2.05) is 27.7 Å². The van der Waals surface area contributed by atoms with Crippen molar-refractivity contribution in [3.05, 3.63) is 0 Å². The summed E-state index contributed by atoms with van der Waals surface area (Å²) in [7, 11) is 1.16. The molecule has 0 N–H and O–H groups in total. The van der Waals surface area contributed by atoms with E-state index in [1.165, 1.54) is 38.6 Å². The van der Waals surface area contributed by atoms with Crippen LogP contribution in [0.5, 0.6) is 0 Å². The van der Waals surface area contributed by atoms with Crippen molar-refractivity contribution in [3.8, 4) is 0 Å². The molecule has 1 fully saturated rings. The van der Waals surface area contributed by atoms with Crippen molar-refractivity contribution < 1.29 is 0 Å². The Labute approximate surface area is 99.8 Å². The van der Waals surface area contributed by atoms with E-state index in [4.69, 9.17) is 0 Å². The summed E-state index contributed by atoms with van der Waals surface area (Å²) in [6, 6.07) is 0. The molecule has 1 saturated heterocycles. The van der Waals surface area contributed by atoms with Gasteiger partial charge in [-0.25, -0.2) is 0 Å². The molecule has 0 aromatic carbocycles. The minimum absolute atomic E-state index is 1.06. The van der Waals surface area contributed by atoms with Gasteiger partial charge in [-0.1, -0.05) is 34.6 Å². The van der Waals surface area contributed by atoms with Gasteiger partial charge in [-0.2, -0.15) is 0 Å². The Morgan fingerprint density at radius 2 is 1.53 bits per heavy atom. The fourth-order valence-corrected chi connectivity index (χ4v) is 2.78. The zero-order valence-corrected chi connectivity index (χ0v) is 12.8. The monoisotopic (exact) mass is 233 g/mol. The minimum Gasteiger partial charge on any atom is -0.304 e. The average molecular weight is 233 g/mol. The molecule has 0 amide bonds. The van der Waals surface area contributed by atoms with Gasteiger partial charge in [0.05, 0.1) is 0 Å². The van der Waals surface area contributed by atoms with Crippen LogP contribution >= 0.6 is 8.58 Å². The third-order valence-corrected chi connectivity index (χ3v) is 3.63. The highest BCUT2D eigenvalue weighted by Crippen LogP contribution is 2.22. The Balaban J connectivity index is 0. The lowest BCUT2D eigenvalue weighted by Gasteiger charge is -2.30. The van der Waals surface area contributed by atoms with Crippen molar-refractivity contribution in [2.45, 2.75) is 47.5 Å². The predicted octanol–water partition coefficient (Wildman–Crippen LogP) is 4.08. The van der Waals surface area contributed by atoms with Gasteiger partial charge >= 0.3 is 0 Å². The molecule has 0 saturated carbocycles. The van der Waals surface area contributed by atoms with Crippen LogP contribution in [0, 0.1) is 5.92 Å². The first-order valence-electron chi connectivity index (χ1n) is 6.73. The second-order valence-electron chi connectivity index (χ2n) is 3.44. The molecule has 0 aromatic heterocycles. The highest BCUT2D eigenvalue weighted by molar-refractivity contribution is 7.36. The maximum absolute atomic E-state index is 2.56. The van der Waals surface area contributed by atoms with E-state index in [9.17, 15) is 0 Å². The van der Waals surface area contributed by atoms with Crippen molar-refractivity contribution in [1.29, 1.82) is 0 Å². The number of rotatable bonds is 3. The van der Waals surface area contributed by atoms with Crippen molar-refractivity contribution in [3.63, 3.8) is 0 Å². The average Bonchev–Trinajstić information content (AvgIpc) is 2.36. The molecule has 1 aliphatic heterocycles. The molecule has 1 rings (SSSR count). The normalized spacial score (nSPS) is 18.0. The lowest BCUT2D eigenvalue weighted by molar-refractivity contribution is 0.203. The van der Waals surface area contributed by atoms with Crippen LogP contribution in [-0.4, -0.2) is 37.4 Å². The van der Waals surface area contributed by atoms with Gasteiger partial charge in [0, 0.05) is 0 Å². The highest BCUT2D eigenvalue weighted by atomic mass is 31.1. The summed E-state index contributed by atoms with van der Waals surface area (Å²) in [4.78, 5) is 2.56.